The normalized spacial score (nSPS) is 10.1. The fourth-order valence-corrected chi connectivity index (χ4v) is 1.19. The minimum atomic E-state index is -0.926. The summed E-state index contributed by atoms with van der Waals surface area (Å²) in [4.78, 5) is 11.3. The van der Waals surface area contributed by atoms with Gasteiger partial charge in [-0.25, -0.2) is 8.78 Å². The highest BCUT2D eigenvalue weighted by molar-refractivity contribution is 5.96. The number of rotatable bonds is 4. The largest absolute Gasteiger partial charge is 0.497 e. The second-order valence-electron chi connectivity index (χ2n) is 2.93. The molecule has 0 radical (unpaired) electrons. The summed E-state index contributed by atoms with van der Waals surface area (Å²) in [5, 5.41) is 0. The molecule has 0 atom stereocenters. The van der Waals surface area contributed by atoms with E-state index in [9.17, 15) is 13.6 Å². The number of nitrogens with two attached hydrogens (primary N) is 1. The summed E-state index contributed by atoms with van der Waals surface area (Å²) < 4.78 is 31.2. The van der Waals surface area contributed by atoms with Crippen molar-refractivity contribution in [1.29, 1.82) is 0 Å². The van der Waals surface area contributed by atoms with Crippen LogP contribution in [0.4, 0.5) is 8.78 Å². The first-order valence-electron chi connectivity index (χ1n) is 4.36. The van der Waals surface area contributed by atoms with E-state index in [-0.39, 0.29) is 18.7 Å². The Hall–Kier alpha value is -1.49. The summed E-state index contributed by atoms with van der Waals surface area (Å²) in [6.07, 6.45) is -0.0832. The van der Waals surface area contributed by atoms with Crippen LogP contribution in [-0.2, 0) is 0 Å². The first-order chi connectivity index (χ1) is 7.10. The van der Waals surface area contributed by atoms with E-state index in [0.29, 0.717) is 0 Å². The van der Waals surface area contributed by atoms with Gasteiger partial charge in [-0.05, 0) is 6.54 Å². The Labute approximate surface area is 85.8 Å². The van der Waals surface area contributed by atoms with Gasteiger partial charge in [0, 0.05) is 18.6 Å². The molecule has 1 aromatic carbocycles. The van der Waals surface area contributed by atoms with Crippen LogP contribution in [0.25, 0.3) is 0 Å². The highest BCUT2D eigenvalue weighted by atomic mass is 19.1. The van der Waals surface area contributed by atoms with Crippen molar-refractivity contribution in [3.8, 4) is 5.75 Å². The Morgan fingerprint density at radius 3 is 2.33 bits per heavy atom. The molecule has 0 saturated heterocycles. The highest BCUT2D eigenvalue weighted by Gasteiger charge is 2.18. The molecule has 0 aliphatic rings. The minimum Gasteiger partial charge on any atom is -0.497 e. The third kappa shape index (κ3) is 2.50. The fraction of sp³-hybridized carbons (Fsp3) is 0.300. The third-order valence-corrected chi connectivity index (χ3v) is 1.90. The minimum absolute atomic E-state index is 0.0364. The van der Waals surface area contributed by atoms with Crippen molar-refractivity contribution in [1.82, 2.24) is 0 Å². The number of methoxy groups -OCH3 is 1. The van der Waals surface area contributed by atoms with Gasteiger partial charge in [-0.15, -0.1) is 0 Å². The zero-order valence-electron chi connectivity index (χ0n) is 8.22. The molecule has 0 bridgehead atoms. The van der Waals surface area contributed by atoms with Crippen molar-refractivity contribution in [2.75, 3.05) is 13.7 Å². The summed E-state index contributed by atoms with van der Waals surface area (Å²) in [5.41, 5.74) is 4.58. The number of benzene rings is 1. The van der Waals surface area contributed by atoms with Crippen LogP contribution in [-0.4, -0.2) is 19.4 Å². The van der Waals surface area contributed by atoms with Gasteiger partial charge in [0.2, 0.25) is 0 Å². The van der Waals surface area contributed by atoms with E-state index < -0.39 is 23.0 Å². The van der Waals surface area contributed by atoms with E-state index in [2.05, 4.69) is 4.74 Å². The van der Waals surface area contributed by atoms with Crippen LogP contribution < -0.4 is 10.5 Å². The predicted molar refractivity (Wildman–Crippen MR) is 50.9 cm³/mol. The maximum atomic E-state index is 13.3. The number of carbonyl (C=O) groups is 1. The van der Waals surface area contributed by atoms with Gasteiger partial charge in [0.15, 0.2) is 5.78 Å². The average molecular weight is 215 g/mol. The molecule has 82 valence electrons. The van der Waals surface area contributed by atoms with E-state index in [1.165, 1.54) is 7.11 Å². The molecule has 0 saturated carbocycles. The summed E-state index contributed by atoms with van der Waals surface area (Å²) in [6, 6.07) is 1.93. The Kier molecular flexibility index (Phi) is 3.74. The Morgan fingerprint density at radius 1 is 1.40 bits per heavy atom. The molecule has 3 nitrogen and oxygen atoms in total. The second kappa shape index (κ2) is 4.84. The van der Waals surface area contributed by atoms with Gasteiger partial charge in [0.1, 0.15) is 17.4 Å². The molecule has 0 fully saturated rings. The third-order valence-electron chi connectivity index (χ3n) is 1.90. The first kappa shape index (κ1) is 11.6. The summed E-state index contributed by atoms with van der Waals surface area (Å²) >= 11 is 0. The second-order valence-corrected chi connectivity index (χ2v) is 2.93. The van der Waals surface area contributed by atoms with Crippen molar-refractivity contribution < 1.29 is 18.3 Å². The molecule has 5 heteroatoms. The zero-order valence-corrected chi connectivity index (χ0v) is 8.22. The van der Waals surface area contributed by atoms with E-state index in [4.69, 9.17) is 5.73 Å². The molecule has 1 aromatic rings. The van der Waals surface area contributed by atoms with Crippen molar-refractivity contribution in [3.05, 3.63) is 29.3 Å². The number of ketones is 1. The molecule has 0 aromatic heterocycles. The number of halogens is 2. The molecule has 0 aliphatic heterocycles. The number of ether oxygens (including phenoxy) is 1. The van der Waals surface area contributed by atoms with Crippen molar-refractivity contribution in [2.24, 2.45) is 5.73 Å². The molecule has 0 spiro atoms. The van der Waals surface area contributed by atoms with Crippen LogP contribution in [0.3, 0.4) is 0 Å². The number of hydrogen-bond donors (Lipinski definition) is 1. The molecular formula is C10H11F2NO2. The van der Waals surface area contributed by atoms with E-state index >= 15 is 0 Å². The van der Waals surface area contributed by atoms with E-state index in [0.717, 1.165) is 12.1 Å². The van der Waals surface area contributed by atoms with Gasteiger partial charge in [0.25, 0.3) is 0 Å². The Morgan fingerprint density at radius 2 is 1.93 bits per heavy atom. The molecule has 15 heavy (non-hydrogen) atoms. The molecule has 0 aliphatic carbocycles. The molecule has 2 N–H and O–H groups in total. The van der Waals surface area contributed by atoms with Crippen molar-refractivity contribution >= 4 is 5.78 Å². The molecule has 0 amide bonds. The van der Waals surface area contributed by atoms with Crippen molar-refractivity contribution in [2.45, 2.75) is 6.42 Å². The van der Waals surface area contributed by atoms with Gasteiger partial charge in [-0.2, -0.15) is 0 Å². The fourth-order valence-electron chi connectivity index (χ4n) is 1.19. The van der Waals surface area contributed by atoms with Crippen molar-refractivity contribution in [3.63, 3.8) is 0 Å². The Balaban J connectivity index is 3.13. The van der Waals surface area contributed by atoms with E-state index in [1.807, 2.05) is 0 Å². The number of hydrogen-bond acceptors (Lipinski definition) is 3. The maximum Gasteiger partial charge on any atom is 0.170 e. The maximum absolute atomic E-state index is 13.3. The SMILES string of the molecule is COc1cc(F)c(C(=O)CCN)c(F)c1. The highest BCUT2D eigenvalue weighted by Crippen LogP contribution is 2.21. The summed E-state index contributed by atoms with van der Waals surface area (Å²) in [6.45, 7) is 0.0593. The zero-order chi connectivity index (χ0) is 11.4. The lowest BCUT2D eigenvalue weighted by atomic mass is 10.1. The van der Waals surface area contributed by atoms with Crippen LogP contribution in [0.5, 0.6) is 5.75 Å². The lowest BCUT2D eigenvalue weighted by molar-refractivity contribution is 0.0977. The monoisotopic (exact) mass is 215 g/mol. The smallest absolute Gasteiger partial charge is 0.170 e. The summed E-state index contributed by atoms with van der Waals surface area (Å²) in [5.74, 6) is -2.46. The van der Waals surface area contributed by atoms with Crippen LogP contribution in [0.15, 0.2) is 12.1 Å². The van der Waals surface area contributed by atoms with Gasteiger partial charge in [0.05, 0.1) is 12.7 Å². The van der Waals surface area contributed by atoms with Crippen LogP contribution in [0.1, 0.15) is 16.8 Å². The first-order valence-corrected chi connectivity index (χ1v) is 4.36. The molecule has 0 heterocycles. The average Bonchev–Trinajstić information content (AvgIpc) is 2.16. The predicted octanol–water partition coefficient (Wildman–Crippen LogP) is 1.50. The molecular weight excluding hydrogens is 204 g/mol. The molecule has 1 rings (SSSR count). The van der Waals surface area contributed by atoms with Gasteiger partial charge in [-0.3, -0.25) is 4.79 Å². The molecule has 0 unspecified atom stereocenters. The summed E-state index contributed by atoms with van der Waals surface area (Å²) in [7, 11) is 1.29. The standard InChI is InChI=1S/C10H11F2NO2/c1-15-6-4-7(11)10(8(12)5-6)9(14)2-3-13/h4-5H,2-3,13H2,1H3. The van der Waals surface area contributed by atoms with Crippen LogP contribution >= 0.6 is 0 Å². The lowest BCUT2D eigenvalue weighted by Gasteiger charge is -2.05. The topological polar surface area (TPSA) is 52.3 Å². The van der Waals surface area contributed by atoms with Crippen LogP contribution in [0, 0.1) is 11.6 Å². The van der Waals surface area contributed by atoms with Gasteiger partial charge in [-0.1, -0.05) is 0 Å². The number of carbonyl (C=O) groups excluding carboxylic acids is 1. The quantitative estimate of drug-likeness (QED) is 0.774. The van der Waals surface area contributed by atoms with Crippen LogP contribution in [0.2, 0.25) is 0 Å². The van der Waals surface area contributed by atoms with E-state index in [1.54, 1.807) is 0 Å². The van der Waals surface area contributed by atoms with Gasteiger partial charge >= 0.3 is 0 Å². The number of Topliss-reactive ketones (excluding diaryl/α,β-unsaturated/α-hetero) is 1. The Bertz CT molecular complexity index is 357. The van der Waals surface area contributed by atoms with Gasteiger partial charge < -0.3 is 10.5 Å². The lowest BCUT2D eigenvalue weighted by Crippen LogP contribution is -2.12.